The second-order valence-corrected chi connectivity index (χ2v) is 4.57. The Balaban J connectivity index is 2.65. The van der Waals surface area contributed by atoms with Gasteiger partial charge in [0.15, 0.2) is 5.54 Å². The third kappa shape index (κ3) is 2.25. The molecular formula is C12H13F3N3O-. The number of nitrogens with zero attached hydrogens (tertiary/aromatic N) is 1. The maximum atomic E-state index is 14.2. The van der Waals surface area contributed by atoms with Gasteiger partial charge in [0.05, 0.1) is 0 Å². The number of ether oxygens (including phenoxy) is 1. The number of rotatable bonds is 1. The van der Waals surface area contributed by atoms with Gasteiger partial charge in [0, 0.05) is 5.56 Å². The zero-order valence-electron chi connectivity index (χ0n) is 10.2. The van der Waals surface area contributed by atoms with Gasteiger partial charge in [-0.3, -0.25) is 4.99 Å². The van der Waals surface area contributed by atoms with Gasteiger partial charge in [0.1, 0.15) is 24.9 Å². The van der Waals surface area contributed by atoms with E-state index in [0.717, 1.165) is 19.1 Å². The van der Waals surface area contributed by atoms with Gasteiger partial charge in [-0.2, -0.15) is 0 Å². The summed E-state index contributed by atoms with van der Waals surface area (Å²) in [6.45, 7) is -0.0465. The van der Waals surface area contributed by atoms with Crippen molar-refractivity contribution in [2.45, 2.75) is 18.4 Å². The number of nitrogens with one attached hydrogen (secondary N) is 1. The molecule has 104 valence electrons. The summed E-state index contributed by atoms with van der Waals surface area (Å²) in [6.07, 6.45) is 0. The fourth-order valence-corrected chi connectivity index (χ4v) is 1.98. The van der Waals surface area contributed by atoms with Crippen LogP contribution >= 0.6 is 0 Å². The number of halogens is 3. The summed E-state index contributed by atoms with van der Waals surface area (Å²) in [5, 5.41) is 0. The van der Waals surface area contributed by atoms with E-state index in [1.165, 1.54) is 6.07 Å². The molecule has 2 rings (SSSR count). The Bertz CT molecular complexity index is 533. The van der Waals surface area contributed by atoms with E-state index in [-0.39, 0.29) is 23.7 Å². The number of alkyl halides is 2. The molecule has 1 aromatic carbocycles. The van der Waals surface area contributed by atoms with Crippen molar-refractivity contribution in [2.24, 2.45) is 10.7 Å². The maximum absolute atomic E-state index is 14.2. The minimum absolute atomic E-state index is 0.0765. The summed E-state index contributed by atoms with van der Waals surface area (Å²) in [4.78, 5) is 3.73. The Morgan fingerprint density at radius 1 is 1.42 bits per heavy atom. The van der Waals surface area contributed by atoms with E-state index in [9.17, 15) is 13.2 Å². The second-order valence-electron chi connectivity index (χ2n) is 4.57. The van der Waals surface area contributed by atoms with Crippen LogP contribution in [0.25, 0.3) is 5.73 Å². The molecule has 0 amide bonds. The Morgan fingerprint density at radius 2 is 2.11 bits per heavy atom. The van der Waals surface area contributed by atoms with E-state index >= 15 is 0 Å². The standard InChI is InChI=1S/C12H13F3N3O/c1-11(8-4-7(16)2-3-9(8)13)12(14,15)6-19-5-10(17)18-11/h2-4,16H,5-6H2,1H3,(H2,17,18)/q-1. The molecule has 1 aromatic rings. The van der Waals surface area contributed by atoms with Crippen LogP contribution in [0, 0.1) is 5.82 Å². The number of nitrogens with two attached hydrogens (primary N) is 1. The highest BCUT2D eigenvalue weighted by atomic mass is 19.3. The molecule has 0 saturated carbocycles. The van der Waals surface area contributed by atoms with E-state index in [1.54, 1.807) is 0 Å². The first-order chi connectivity index (χ1) is 8.76. The molecule has 7 heteroatoms. The van der Waals surface area contributed by atoms with Crippen molar-refractivity contribution in [1.82, 2.24) is 0 Å². The SMILES string of the molecule is CC1(c2cc([NH-])ccc2F)N=C(N)COCC1(F)F. The normalized spacial score (nSPS) is 26.6. The molecule has 0 saturated heterocycles. The van der Waals surface area contributed by atoms with E-state index < -0.39 is 23.9 Å². The van der Waals surface area contributed by atoms with E-state index in [2.05, 4.69) is 4.99 Å². The van der Waals surface area contributed by atoms with Gasteiger partial charge in [-0.1, -0.05) is 12.1 Å². The van der Waals surface area contributed by atoms with Crippen LogP contribution in [-0.4, -0.2) is 25.0 Å². The van der Waals surface area contributed by atoms with Crippen molar-refractivity contribution in [3.63, 3.8) is 0 Å². The predicted octanol–water partition coefficient (Wildman–Crippen LogP) is 2.75. The van der Waals surface area contributed by atoms with Crippen molar-refractivity contribution in [2.75, 3.05) is 13.2 Å². The van der Waals surface area contributed by atoms with Gasteiger partial charge in [0.25, 0.3) is 5.92 Å². The smallest absolute Gasteiger partial charge is 0.299 e. The largest absolute Gasteiger partial charge is 0.699 e. The molecule has 0 aromatic heterocycles. The molecule has 1 atom stereocenters. The molecule has 3 N–H and O–H groups in total. The molecule has 19 heavy (non-hydrogen) atoms. The van der Waals surface area contributed by atoms with Crippen LogP contribution in [0.5, 0.6) is 0 Å². The van der Waals surface area contributed by atoms with Crippen LogP contribution in [0.1, 0.15) is 12.5 Å². The Morgan fingerprint density at radius 3 is 2.79 bits per heavy atom. The van der Waals surface area contributed by atoms with E-state index in [0.29, 0.717) is 0 Å². The van der Waals surface area contributed by atoms with Gasteiger partial charge in [-0.15, -0.1) is 5.69 Å². The lowest BCUT2D eigenvalue weighted by Gasteiger charge is -2.33. The fourth-order valence-electron chi connectivity index (χ4n) is 1.98. The average Bonchev–Trinajstić information content (AvgIpc) is 2.40. The monoisotopic (exact) mass is 272 g/mol. The summed E-state index contributed by atoms with van der Waals surface area (Å²) in [5.41, 5.74) is 10.3. The molecule has 1 aliphatic rings. The summed E-state index contributed by atoms with van der Waals surface area (Å²) in [7, 11) is 0. The van der Waals surface area contributed by atoms with Crippen LogP contribution in [0.2, 0.25) is 0 Å². The molecule has 0 bridgehead atoms. The lowest BCUT2D eigenvalue weighted by Crippen LogP contribution is -2.45. The Labute approximate surface area is 108 Å². The third-order valence-electron chi connectivity index (χ3n) is 3.10. The molecule has 1 heterocycles. The zero-order chi connectivity index (χ0) is 14.3. The van der Waals surface area contributed by atoms with Crippen molar-refractivity contribution in [3.05, 3.63) is 35.3 Å². The van der Waals surface area contributed by atoms with Crippen LogP contribution in [0.15, 0.2) is 23.2 Å². The first kappa shape index (κ1) is 13.7. The molecule has 4 nitrogen and oxygen atoms in total. The van der Waals surface area contributed by atoms with Gasteiger partial charge in [0.2, 0.25) is 0 Å². The number of amidine groups is 1. The fraction of sp³-hybridized carbons (Fsp3) is 0.417. The highest BCUT2D eigenvalue weighted by Gasteiger charge is 2.54. The average molecular weight is 272 g/mol. The highest BCUT2D eigenvalue weighted by molar-refractivity contribution is 5.82. The lowest BCUT2D eigenvalue weighted by atomic mass is 9.85. The van der Waals surface area contributed by atoms with Gasteiger partial charge >= 0.3 is 0 Å². The number of hydrogen-bond acceptors (Lipinski definition) is 3. The molecule has 0 spiro atoms. The Hall–Kier alpha value is -1.76. The van der Waals surface area contributed by atoms with E-state index in [4.69, 9.17) is 16.2 Å². The maximum Gasteiger partial charge on any atom is 0.299 e. The topological polar surface area (TPSA) is 71.4 Å². The lowest BCUT2D eigenvalue weighted by molar-refractivity contribution is -0.116. The van der Waals surface area contributed by atoms with Crippen LogP contribution in [0.4, 0.5) is 18.9 Å². The van der Waals surface area contributed by atoms with E-state index in [1.807, 2.05) is 0 Å². The first-order valence-corrected chi connectivity index (χ1v) is 5.58. The third-order valence-corrected chi connectivity index (χ3v) is 3.10. The molecular weight excluding hydrogens is 259 g/mol. The zero-order valence-corrected chi connectivity index (χ0v) is 10.2. The first-order valence-electron chi connectivity index (χ1n) is 5.58. The molecule has 1 unspecified atom stereocenters. The molecule has 1 aliphatic heterocycles. The van der Waals surface area contributed by atoms with Crippen LogP contribution in [0.3, 0.4) is 0 Å². The minimum Gasteiger partial charge on any atom is -0.699 e. The highest BCUT2D eigenvalue weighted by Crippen LogP contribution is 2.44. The summed E-state index contributed by atoms with van der Waals surface area (Å²) in [6, 6.07) is 3.18. The summed E-state index contributed by atoms with van der Waals surface area (Å²) >= 11 is 0. The number of benzene rings is 1. The minimum atomic E-state index is -3.43. The van der Waals surface area contributed by atoms with Crippen molar-refractivity contribution in [3.8, 4) is 0 Å². The van der Waals surface area contributed by atoms with Crippen molar-refractivity contribution < 1.29 is 17.9 Å². The second kappa shape index (κ2) is 4.41. The number of aliphatic imine (C=N–C) groups is 1. The predicted molar refractivity (Wildman–Crippen MR) is 65.1 cm³/mol. The van der Waals surface area contributed by atoms with Crippen molar-refractivity contribution >= 4 is 11.5 Å². The van der Waals surface area contributed by atoms with Crippen LogP contribution < -0.4 is 5.73 Å². The molecule has 0 radical (unpaired) electrons. The summed E-state index contributed by atoms with van der Waals surface area (Å²) in [5.74, 6) is -4.41. The van der Waals surface area contributed by atoms with Gasteiger partial charge in [-0.05, 0) is 13.0 Å². The Kier molecular flexibility index (Phi) is 3.17. The number of hydrogen-bond donors (Lipinski definition) is 1. The molecule has 0 aliphatic carbocycles. The van der Waals surface area contributed by atoms with Gasteiger partial charge in [-0.25, -0.2) is 13.2 Å². The van der Waals surface area contributed by atoms with Crippen LogP contribution in [-0.2, 0) is 10.3 Å². The molecule has 0 fully saturated rings. The van der Waals surface area contributed by atoms with Gasteiger partial charge < -0.3 is 16.2 Å². The quantitative estimate of drug-likeness (QED) is 0.853. The summed E-state index contributed by atoms with van der Waals surface area (Å²) < 4.78 is 46.9. The van der Waals surface area contributed by atoms with Crippen molar-refractivity contribution in [1.29, 1.82) is 0 Å².